The fourth-order valence-electron chi connectivity index (χ4n) is 5.58. The molecule has 1 atom stereocenters. The van der Waals surface area contributed by atoms with E-state index in [0.29, 0.717) is 30.1 Å². The summed E-state index contributed by atoms with van der Waals surface area (Å²) in [6, 6.07) is 0. The SMILES string of the molecule is CCCC1(CCCCC(=O)OC(=O)CC(C)C2CCCCC2)CCCCC1. The molecule has 27 heavy (non-hydrogen) atoms. The van der Waals surface area contributed by atoms with Gasteiger partial charge in [-0.05, 0) is 49.4 Å². The molecule has 2 rings (SSSR count). The van der Waals surface area contributed by atoms with Crippen LogP contribution in [0.5, 0.6) is 0 Å². The van der Waals surface area contributed by atoms with Gasteiger partial charge >= 0.3 is 11.9 Å². The molecule has 2 aliphatic rings. The van der Waals surface area contributed by atoms with E-state index < -0.39 is 0 Å². The zero-order chi connectivity index (χ0) is 19.5. The molecule has 156 valence electrons. The Bertz CT molecular complexity index is 439. The molecule has 1 unspecified atom stereocenters. The molecule has 2 aliphatic carbocycles. The molecular weight excluding hydrogens is 336 g/mol. The summed E-state index contributed by atoms with van der Waals surface area (Å²) in [6.07, 6.45) is 19.8. The first-order valence-corrected chi connectivity index (χ1v) is 11.8. The highest BCUT2D eigenvalue weighted by molar-refractivity contribution is 5.85. The van der Waals surface area contributed by atoms with Crippen LogP contribution in [0.1, 0.15) is 123 Å². The van der Waals surface area contributed by atoms with Gasteiger partial charge in [-0.15, -0.1) is 0 Å². The van der Waals surface area contributed by atoms with E-state index in [-0.39, 0.29) is 11.9 Å². The van der Waals surface area contributed by atoms with Crippen LogP contribution in [0.15, 0.2) is 0 Å². The molecule has 0 bridgehead atoms. The van der Waals surface area contributed by atoms with Crippen LogP contribution in [-0.2, 0) is 14.3 Å². The largest absolute Gasteiger partial charge is 0.393 e. The molecule has 0 saturated heterocycles. The van der Waals surface area contributed by atoms with Gasteiger partial charge in [-0.3, -0.25) is 9.59 Å². The van der Waals surface area contributed by atoms with Crippen LogP contribution in [0.3, 0.4) is 0 Å². The predicted molar refractivity (Wildman–Crippen MR) is 110 cm³/mol. The van der Waals surface area contributed by atoms with Crippen molar-refractivity contribution in [1.82, 2.24) is 0 Å². The maximum Gasteiger partial charge on any atom is 0.313 e. The van der Waals surface area contributed by atoms with Crippen molar-refractivity contribution in [2.45, 2.75) is 123 Å². The fraction of sp³-hybridized carbons (Fsp3) is 0.917. The van der Waals surface area contributed by atoms with Crippen molar-refractivity contribution in [1.29, 1.82) is 0 Å². The third-order valence-corrected chi connectivity index (χ3v) is 7.20. The average molecular weight is 379 g/mol. The number of esters is 2. The Balaban J connectivity index is 1.61. The summed E-state index contributed by atoms with van der Waals surface area (Å²) in [5, 5.41) is 0. The Morgan fingerprint density at radius 2 is 1.59 bits per heavy atom. The van der Waals surface area contributed by atoms with E-state index in [1.54, 1.807) is 0 Å². The second-order valence-electron chi connectivity index (χ2n) is 9.44. The summed E-state index contributed by atoms with van der Waals surface area (Å²) >= 11 is 0. The fourth-order valence-corrected chi connectivity index (χ4v) is 5.58. The Labute approximate surface area is 167 Å². The molecular formula is C24H42O3. The number of unbranched alkanes of at least 4 members (excludes halogenated alkanes) is 1. The van der Waals surface area contributed by atoms with Crippen LogP contribution in [-0.4, -0.2) is 11.9 Å². The number of carbonyl (C=O) groups is 2. The van der Waals surface area contributed by atoms with Crippen molar-refractivity contribution >= 4 is 11.9 Å². The molecule has 2 fully saturated rings. The minimum absolute atomic E-state index is 0.312. The highest BCUT2D eigenvalue weighted by Gasteiger charge is 2.30. The molecule has 0 N–H and O–H groups in total. The first-order valence-electron chi connectivity index (χ1n) is 11.8. The van der Waals surface area contributed by atoms with Crippen molar-refractivity contribution in [2.24, 2.45) is 17.3 Å². The number of carbonyl (C=O) groups excluding carboxylic acids is 2. The molecule has 2 saturated carbocycles. The highest BCUT2D eigenvalue weighted by Crippen LogP contribution is 2.44. The number of hydrogen-bond acceptors (Lipinski definition) is 3. The van der Waals surface area contributed by atoms with E-state index in [1.165, 1.54) is 83.5 Å². The van der Waals surface area contributed by atoms with Crippen molar-refractivity contribution in [3.8, 4) is 0 Å². The molecule has 0 spiro atoms. The molecule has 0 aromatic heterocycles. The number of ether oxygens (including phenoxy) is 1. The number of rotatable bonds is 10. The van der Waals surface area contributed by atoms with E-state index in [0.717, 1.165) is 12.8 Å². The maximum atomic E-state index is 12.1. The van der Waals surface area contributed by atoms with Crippen LogP contribution in [0, 0.1) is 17.3 Å². The van der Waals surface area contributed by atoms with Crippen molar-refractivity contribution in [3.05, 3.63) is 0 Å². The Hall–Kier alpha value is -0.860. The average Bonchev–Trinajstić information content (AvgIpc) is 2.67. The van der Waals surface area contributed by atoms with Gasteiger partial charge in [0, 0.05) is 12.8 Å². The summed E-state index contributed by atoms with van der Waals surface area (Å²) in [7, 11) is 0. The Morgan fingerprint density at radius 3 is 2.26 bits per heavy atom. The van der Waals surface area contributed by atoms with Gasteiger partial charge in [0.1, 0.15) is 0 Å². The maximum absolute atomic E-state index is 12.1. The van der Waals surface area contributed by atoms with E-state index in [9.17, 15) is 9.59 Å². The second-order valence-corrected chi connectivity index (χ2v) is 9.44. The van der Waals surface area contributed by atoms with Gasteiger partial charge in [0.15, 0.2) is 0 Å². The lowest BCUT2D eigenvalue weighted by atomic mass is 9.68. The summed E-state index contributed by atoms with van der Waals surface area (Å²) < 4.78 is 5.10. The van der Waals surface area contributed by atoms with Crippen molar-refractivity contribution in [2.75, 3.05) is 0 Å². The highest BCUT2D eigenvalue weighted by atomic mass is 16.6. The van der Waals surface area contributed by atoms with Crippen LogP contribution in [0.4, 0.5) is 0 Å². The normalized spacial score (nSPS) is 21.6. The third-order valence-electron chi connectivity index (χ3n) is 7.20. The first kappa shape index (κ1) is 22.4. The second kappa shape index (κ2) is 11.9. The minimum atomic E-state index is -0.316. The molecule has 0 aliphatic heterocycles. The van der Waals surface area contributed by atoms with Crippen LogP contribution >= 0.6 is 0 Å². The van der Waals surface area contributed by atoms with Gasteiger partial charge in [0.05, 0.1) is 0 Å². The molecule has 0 amide bonds. The zero-order valence-electron chi connectivity index (χ0n) is 17.9. The monoisotopic (exact) mass is 378 g/mol. The van der Waals surface area contributed by atoms with Crippen LogP contribution < -0.4 is 0 Å². The Kier molecular flexibility index (Phi) is 9.86. The predicted octanol–water partition coefficient (Wildman–Crippen LogP) is 6.97. The van der Waals surface area contributed by atoms with Gasteiger partial charge in [-0.2, -0.15) is 0 Å². The van der Waals surface area contributed by atoms with E-state index in [1.807, 2.05) is 0 Å². The van der Waals surface area contributed by atoms with E-state index >= 15 is 0 Å². The Morgan fingerprint density at radius 1 is 0.926 bits per heavy atom. The standard InChI is InChI=1S/C24H42O3/c1-3-15-24(16-9-5-10-17-24)18-11-8-14-22(25)27-23(26)19-20(2)21-12-6-4-7-13-21/h20-21H,3-19H2,1-2H3. The van der Waals surface area contributed by atoms with Gasteiger partial charge in [-0.1, -0.05) is 78.1 Å². The van der Waals surface area contributed by atoms with Crippen LogP contribution in [0.25, 0.3) is 0 Å². The van der Waals surface area contributed by atoms with Crippen LogP contribution in [0.2, 0.25) is 0 Å². The van der Waals surface area contributed by atoms with E-state index in [2.05, 4.69) is 13.8 Å². The number of hydrogen-bond donors (Lipinski definition) is 0. The molecule has 0 heterocycles. The molecule has 3 heteroatoms. The van der Waals surface area contributed by atoms with Gasteiger partial charge in [0.25, 0.3) is 0 Å². The smallest absolute Gasteiger partial charge is 0.313 e. The first-order chi connectivity index (χ1) is 13.0. The quantitative estimate of drug-likeness (QED) is 0.234. The molecule has 0 aromatic rings. The van der Waals surface area contributed by atoms with Crippen molar-refractivity contribution < 1.29 is 14.3 Å². The van der Waals surface area contributed by atoms with E-state index in [4.69, 9.17) is 4.74 Å². The van der Waals surface area contributed by atoms with Gasteiger partial charge < -0.3 is 4.74 Å². The van der Waals surface area contributed by atoms with Gasteiger partial charge in [-0.25, -0.2) is 0 Å². The molecule has 3 nitrogen and oxygen atoms in total. The lowest BCUT2D eigenvalue weighted by molar-refractivity contribution is -0.160. The minimum Gasteiger partial charge on any atom is -0.393 e. The zero-order valence-corrected chi connectivity index (χ0v) is 17.9. The molecule has 0 radical (unpaired) electrons. The summed E-state index contributed by atoms with van der Waals surface area (Å²) in [5.74, 6) is 0.342. The summed E-state index contributed by atoms with van der Waals surface area (Å²) in [6.45, 7) is 4.42. The topological polar surface area (TPSA) is 43.4 Å². The lowest BCUT2D eigenvalue weighted by Gasteiger charge is -2.37. The van der Waals surface area contributed by atoms with Gasteiger partial charge in [0.2, 0.25) is 0 Å². The van der Waals surface area contributed by atoms with Crippen molar-refractivity contribution in [3.63, 3.8) is 0 Å². The lowest BCUT2D eigenvalue weighted by Crippen LogP contribution is -2.24. The summed E-state index contributed by atoms with van der Waals surface area (Å²) in [5.41, 5.74) is 0.530. The summed E-state index contributed by atoms with van der Waals surface area (Å²) in [4.78, 5) is 24.1. The molecule has 0 aromatic carbocycles. The third kappa shape index (κ3) is 7.95.